The number of rotatable bonds is 6. The number of hydrazone groups is 1. The highest BCUT2D eigenvalue weighted by Crippen LogP contribution is 2.69. The number of hydrogen-bond acceptors (Lipinski definition) is 5. The Morgan fingerprint density at radius 3 is 2.38 bits per heavy atom. The quantitative estimate of drug-likeness (QED) is 0.208. The van der Waals surface area contributed by atoms with Gasteiger partial charge < -0.3 is 10.5 Å². The first-order chi connectivity index (χ1) is 15.8. The van der Waals surface area contributed by atoms with Crippen molar-refractivity contribution in [2.24, 2.45) is 63.5 Å². The van der Waals surface area contributed by atoms with Gasteiger partial charge in [-0.3, -0.25) is 4.79 Å². The standard InChI is InChI=1S/C24H38B4N4O2/c1-13(29)31-32(30)11-20(33)19-7-6-17-15-4-5-18-16(14(15)8-9-22(17,19)2)10-23(25,26)21(12-34-3)24(18,27)28/h14-19,21H,4-12,30H2,1-3H3,(H2,29,31)/t14?,15?,16?,17?,18?,19-,21?,22?/m1/s1. The third-order valence-electron chi connectivity index (χ3n) is 10.2. The molecular formula is C24H38B4N4O2. The smallest absolute Gasteiger partial charge is 0.159 e. The summed E-state index contributed by atoms with van der Waals surface area (Å²) in [6, 6.07) is 0. The van der Waals surface area contributed by atoms with Crippen LogP contribution in [0.25, 0.3) is 0 Å². The van der Waals surface area contributed by atoms with Gasteiger partial charge in [-0.05, 0) is 80.0 Å². The van der Waals surface area contributed by atoms with Gasteiger partial charge in [0.25, 0.3) is 0 Å². The van der Waals surface area contributed by atoms with E-state index in [1.807, 2.05) is 0 Å². The van der Waals surface area contributed by atoms with Gasteiger partial charge in [-0.1, -0.05) is 30.2 Å². The number of ether oxygens (including phenoxy) is 1. The number of Topliss-reactive ketones (excluding diaryl/α,β-unsaturated/α-hetero) is 1. The zero-order valence-electron chi connectivity index (χ0n) is 21.1. The highest BCUT2D eigenvalue weighted by molar-refractivity contribution is 6.45. The van der Waals surface area contributed by atoms with Crippen LogP contribution in [-0.4, -0.2) is 68.4 Å². The fourth-order valence-corrected chi connectivity index (χ4v) is 8.84. The normalized spacial score (nSPS) is 42.8. The topological polar surface area (TPSA) is 93.9 Å². The molecule has 4 fully saturated rings. The van der Waals surface area contributed by atoms with Crippen molar-refractivity contribution in [1.82, 2.24) is 5.12 Å². The van der Waals surface area contributed by atoms with Crippen molar-refractivity contribution in [3.05, 3.63) is 0 Å². The highest BCUT2D eigenvalue weighted by Gasteiger charge is 2.61. The van der Waals surface area contributed by atoms with E-state index in [0.717, 1.165) is 38.5 Å². The van der Waals surface area contributed by atoms with Crippen molar-refractivity contribution >= 4 is 43.0 Å². The number of ketones is 1. The summed E-state index contributed by atoms with van der Waals surface area (Å²) >= 11 is 0. The average Bonchev–Trinajstić information content (AvgIpc) is 3.07. The predicted octanol–water partition coefficient (Wildman–Crippen LogP) is 1.68. The van der Waals surface area contributed by atoms with E-state index in [9.17, 15) is 4.79 Å². The summed E-state index contributed by atoms with van der Waals surface area (Å²) < 4.78 is 5.41. The van der Waals surface area contributed by atoms with E-state index in [1.54, 1.807) is 14.0 Å². The minimum Gasteiger partial charge on any atom is -0.386 e. The van der Waals surface area contributed by atoms with E-state index >= 15 is 0 Å². The minimum absolute atomic E-state index is 0.000779. The van der Waals surface area contributed by atoms with Crippen molar-refractivity contribution < 1.29 is 9.53 Å². The molecule has 4 aliphatic carbocycles. The molecule has 0 aliphatic heterocycles. The van der Waals surface area contributed by atoms with Gasteiger partial charge in [-0.2, -0.15) is 0 Å². The van der Waals surface area contributed by atoms with Crippen LogP contribution in [0.2, 0.25) is 10.4 Å². The van der Waals surface area contributed by atoms with Gasteiger partial charge in [-0.25, -0.2) is 11.0 Å². The molecule has 0 spiro atoms. The van der Waals surface area contributed by atoms with Crippen LogP contribution in [0.4, 0.5) is 0 Å². The van der Waals surface area contributed by atoms with Gasteiger partial charge in [-0.15, -0.1) is 5.10 Å². The maximum absolute atomic E-state index is 13.2. The lowest BCUT2D eigenvalue weighted by Gasteiger charge is -2.65. The Morgan fingerprint density at radius 1 is 1.06 bits per heavy atom. The molecule has 0 amide bonds. The Morgan fingerprint density at radius 2 is 1.74 bits per heavy atom. The first kappa shape index (κ1) is 26.2. The molecule has 10 heteroatoms. The minimum atomic E-state index is -0.955. The summed E-state index contributed by atoms with van der Waals surface area (Å²) in [6.07, 6.45) is 6.81. The Hall–Kier alpha value is -0.880. The Balaban J connectivity index is 1.53. The van der Waals surface area contributed by atoms with Gasteiger partial charge in [0.2, 0.25) is 0 Å². The average molecular weight is 458 g/mol. The molecule has 4 saturated carbocycles. The molecule has 0 bridgehead atoms. The highest BCUT2D eigenvalue weighted by atomic mass is 16.5. The second-order valence-electron chi connectivity index (χ2n) is 12.1. The second kappa shape index (κ2) is 9.21. The van der Waals surface area contributed by atoms with Crippen LogP contribution in [0.5, 0.6) is 0 Å². The van der Waals surface area contributed by atoms with Crippen LogP contribution in [0, 0.1) is 46.8 Å². The first-order valence-electron chi connectivity index (χ1n) is 12.8. The lowest BCUT2D eigenvalue weighted by atomic mass is 9.25. The van der Waals surface area contributed by atoms with Crippen LogP contribution in [0.3, 0.4) is 0 Å². The predicted molar refractivity (Wildman–Crippen MR) is 138 cm³/mol. The fraction of sp³-hybridized carbons (Fsp3) is 0.917. The van der Waals surface area contributed by atoms with Gasteiger partial charge in [0.1, 0.15) is 12.4 Å². The SMILES string of the molecule is [B]C1([B])CC2C3CCC4(C)C(CC[C@@H]4C(=O)CN(N)/N=C(/C)N)C3CCC2C([B])([B])C1COC. The summed E-state index contributed by atoms with van der Waals surface area (Å²) in [5.41, 5.74) is 5.60. The third-order valence-corrected chi connectivity index (χ3v) is 10.2. The molecule has 0 aromatic carbocycles. The zero-order chi connectivity index (χ0) is 25.1. The largest absolute Gasteiger partial charge is 0.386 e. The van der Waals surface area contributed by atoms with E-state index in [1.165, 1.54) is 5.12 Å². The molecule has 178 valence electrons. The summed E-state index contributed by atoms with van der Waals surface area (Å²) in [4.78, 5) is 13.2. The van der Waals surface area contributed by atoms with Gasteiger partial charge >= 0.3 is 0 Å². The Bertz CT molecular complexity index is 821. The van der Waals surface area contributed by atoms with Gasteiger partial charge in [0.15, 0.2) is 5.78 Å². The van der Waals surface area contributed by atoms with Crippen LogP contribution < -0.4 is 11.6 Å². The van der Waals surface area contributed by atoms with Crippen LogP contribution in [0.15, 0.2) is 5.10 Å². The maximum Gasteiger partial charge on any atom is 0.159 e. The molecule has 6 nitrogen and oxygen atoms in total. The molecule has 0 aromatic heterocycles. The fourth-order valence-electron chi connectivity index (χ4n) is 8.84. The number of carbonyl (C=O) groups is 1. The monoisotopic (exact) mass is 458 g/mol. The number of hydrazine groups is 1. The molecule has 8 radical (unpaired) electrons. The Labute approximate surface area is 210 Å². The van der Waals surface area contributed by atoms with E-state index in [0.29, 0.717) is 42.5 Å². The van der Waals surface area contributed by atoms with Crippen molar-refractivity contribution in [2.75, 3.05) is 20.3 Å². The van der Waals surface area contributed by atoms with Crippen LogP contribution in [0.1, 0.15) is 58.8 Å². The lowest BCUT2D eigenvalue weighted by Crippen LogP contribution is -2.57. The van der Waals surface area contributed by atoms with E-state index in [4.69, 9.17) is 47.7 Å². The number of hydrogen-bond donors (Lipinski definition) is 2. The van der Waals surface area contributed by atoms with Crippen molar-refractivity contribution in [2.45, 2.75) is 69.2 Å². The molecule has 0 saturated heterocycles. The Kier molecular flexibility index (Phi) is 7.09. The van der Waals surface area contributed by atoms with E-state index in [-0.39, 0.29) is 35.5 Å². The first-order valence-corrected chi connectivity index (χ1v) is 12.8. The summed E-state index contributed by atoms with van der Waals surface area (Å²) in [7, 11) is 28.5. The zero-order valence-corrected chi connectivity index (χ0v) is 21.1. The van der Waals surface area contributed by atoms with Crippen LogP contribution in [-0.2, 0) is 9.53 Å². The number of methoxy groups -OCH3 is 1. The molecule has 0 aromatic rings. The molecule has 4 aliphatic rings. The van der Waals surface area contributed by atoms with Gasteiger partial charge in [0.05, 0.1) is 31.4 Å². The van der Waals surface area contributed by atoms with Crippen molar-refractivity contribution in [1.29, 1.82) is 0 Å². The van der Waals surface area contributed by atoms with Crippen LogP contribution >= 0.6 is 0 Å². The molecule has 4 N–H and O–H groups in total. The summed E-state index contributed by atoms with van der Waals surface area (Å²) in [5.74, 6) is 8.14. The molecule has 4 rings (SSSR count). The van der Waals surface area contributed by atoms with E-state index in [2.05, 4.69) is 12.0 Å². The lowest BCUT2D eigenvalue weighted by molar-refractivity contribution is -0.132. The number of fused-ring (bicyclic) bond motifs is 5. The molecular weight excluding hydrogens is 420 g/mol. The van der Waals surface area contributed by atoms with Crippen molar-refractivity contribution in [3.8, 4) is 0 Å². The number of nitrogens with zero attached hydrogens (tertiary/aromatic N) is 2. The van der Waals surface area contributed by atoms with Gasteiger partial charge in [0, 0.05) is 19.6 Å². The summed E-state index contributed by atoms with van der Waals surface area (Å²) in [5, 5.41) is 3.27. The number of carbonyl (C=O) groups excluding carboxylic acids is 1. The van der Waals surface area contributed by atoms with Crippen molar-refractivity contribution in [3.63, 3.8) is 0 Å². The summed E-state index contributed by atoms with van der Waals surface area (Å²) in [6.45, 7) is 4.43. The third kappa shape index (κ3) is 4.29. The number of amidine groups is 1. The van der Waals surface area contributed by atoms with E-state index < -0.39 is 10.4 Å². The molecule has 7 unspecified atom stereocenters. The molecule has 8 atom stereocenters. The molecule has 0 heterocycles. The number of nitrogens with two attached hydrogens (primary N) is 2. The molecule has 34 heavy (non-hydrogen) atoms. The maximum atomic E-state index is 13.2. The second-order valence-corrected chi connectivity index (χ2v) is 12.1.